The quantitative estimate of drug-likeness (QED) is 0.377. The van der Waals surface area contributed by atoms with Gasteiger partial charge in [0, 0.05) is 6.07 Å². The van der Waals surface area contributed by atoms with Crippen molar-refractivity contribution in [3.8, 4) is 11.3 Å². The lowest BCUT2D eigenvalue weighted by molar-refractivity contribution is -0.384. The molecule has 0 bridgehead atoms. The molecule has 0 spiro atoms. The maximum Gasteiger partial charge on any atom is 0.416 e. The van der Waals surface area contributed by atoms with Crippen LogP contribution in [0.25, 0.3) is 11.3 Å². The third-order valence-electron chi connectivity index (χ3n) is 2.78. The minimum absolute atomic E-state index is 0.0206. The van der Waals surface area contributed by atoms with Crippen LogP contribution in [0.2, 0.25) is 0 Å². The summed E-state index contributed by atoms with van der Waals surface area (Å²) in [6.45, 7) is 0. The normalized spacial score (nSPS) is 11.6. The molecule has 126 valence electrons. The highest BCUT2D eigenvalue weighted by atomic mass is 32.1. The second-order valence-corrected chi connectivity index (χ2v) is 4.86. The van der Waals surface area contributed by atoms with Gasteiger partial charge in [0.05, 0.1) is 22.3 Å². The Balaban J connectivity index is 2.38. The molecule has 0 atom stereocenters. The van der Waals surface area contributed by atoms with Gasteiger partial charge in [-0.15, -0.1) is 0 Å². The Morgan fingerprint density at radius 3 is 2.67 bits per heavy atom. The van der Waals surface area contributed by atoms with Crippen molar-refractivity contribution < 1.29 is 22.5 Å². The number of nitrogens with two attached hydrogens (primary N) is 1. The molecule has 1 aromatic carbocycles. The number of rotatable bonds is 4. The maximum absolute atomic E-state index is 12.7. The number of hydrogen-bond donors (Lipinski definition) is 2. The highest BCUT2D eigenvalue weighted by molar-refractivity contribution is 7.80. The maximum atomic E-state index is 12.7. The molecule has 2 aromatic rings. The zero-order valence-electron chi connectivity index (χ0n) is 11.7. The molecule has 0 fully saturated rings. The molecular weight excluding hydrogens is 349 g/mol. The molecule has 2 rings (SSSR count). The minimum atomic E-state index is -4.68. The zero-order chi connectivity index (χ0) is 17.9. The van der Waals surface area contributed by atoms with Crippen molar-refractivity contribution in [3.63, 3.8) is 0 Å². The van der Waals surface area contributed by atoms with Crippen molar-refractivity contribution in [2.24, 2.45) is 10.8 Å². The monoisotopic (exact) mass is 358 g/mol. The minimum Gasteiger partial charge on any atom is -0.455 e. The van der Waals surface area contributed by atoms with E-state index in [0.717, 1.165) is 12.1 Å². The van der Waals surface area contributed by atoms with Gasteiger partial charge < -0.3 is 10.2 Å². The Labute approximate surface area is 138 Å². The number of furan rings is 1. The van der Waals surface area contributed by atoms with Gasteiger partial charge in [0.1, 0.15) is 11.5 Å². The number of hydrogen-bond acceptors (Lipinski definition) is 5. The summed E-state index contributed by atoms with van der Waals surface area (Å²) in [5.41, 5.74) is 5.52. The van der Waals surface area contributed by atoms with Crippen molar-refractivity contribution in [2.75, 3.05) is 0 Å². The summed E-state index contributed by atoms with van der Waals surface area (Å²) in [4.78, 5) is 10.2. The molecule has 0 radical (unpaired) electrons. The van der Waals surface area contributed by atoms with Gasteiger partial charge in [-0.25, -0.2) is 0 Å². The number of nitrogens with one attached hydrogen (secondary N) is 1. The Morgan fingerprint density at radius 1 is 1.38 bits per heavy atom. The third-order valence-corrected chi connectivity index (χ3v) is 2.87. The second kappa shape index (κ2) is 6.66. The molecule has 0 aliphatic heterocycles. The predicted molar refractivity (Wildman–Crippen MR) is 83.3 cm³/mol. The lowest BCUT2D eigenvalue weighted by Crippen LogP contribution is -2.23. The number of thiocarbonyl (C=S) groups is 1. The Morgan fingerprint density at radius 2 is 2.08 bits per heavy atom. The van der Waals surface area contributed by atoms with Crippen LogP contribution in [0.5, 0.6) is 0 Å². The SMILES string of the molecule is NC(=S)N/N=C/c1ccc(-c2ccc(C(F)(F)F)cc2[N+](=O)[O-])o1. The summed E-state index contributed by atoms with van der Waals surface area (Å²) in [6, 6.07) is 4.99. The van der Waals surface area contributed by atoms with Crippen LogP contribution in [0, 0.1) is 10.1 Å². The Hall–Kier alpha value is -2.95. The first-order valence-corrected chi connectivity index (χ1v) is 6.63. The van der Waals surface area contributed by atoms with E-state index in [1.165, 1.54) is 18.3 Å². The van der Waals surface area contributed by atoms with Crippen molar-refractivity contribution in [3.05, 3.63) is 51.8 Å². The molecule has 0 saturated heterocycles. The Bertz CT molecular complexity index is 817. The van der Waals surface area contributed by atoms with E-state index < -0.39 is 22.4 Å². The van der Waals surface area contributed by atoms with E-state index in [-0.39, 0.29) is 22.2 Å². The average molecular weight is 358 g/mol. The molecular formula is C13H9F3N4O3S. The van der Waals surface area contributed by atoms with Gasteiger partial charge in [-0.1, -0.05) is 0 Å². The van der Waals surface area contributed by atoms with Gasteiger partial charge in [-0.3, -0.25) is 15.5 Å². The molecule has 0 amide bonds. The van der Waals surface area contributed by atoms with E-state index in [2.05, 4.69) is 22.7 Å². The lowest BCUT2D eigenvalue weighted by atomic mass is 10.1. The summed E-state index contributed by atoms with van der Waals surface area (Å²) >= 11 is 4.54. The van der Waals surface area contributed by atoms with Crippen LogP contribution in [-0.2, 0) is 6.18 Å². The fraction of sp³-hybridized carbons (Fsp3) is 0.0769. The van der Waals surface area contributed by atoms with E-state index in [1.807, 2.05) is 0 Å². The topological polar surface area (TPSA) is 107 Å². The van der Waals surface area contributed by atoms with E-state index in [0.29, 0.717) is 6.07 Å². The molecule has 0 aliphatic carbocycles. The number of hydrazone groups is 1. The first-order chi connectivity index (χ1) is 11.2. The molecule has 7 nitrogen and oxygen atoms in total. The zero-order valence-corrected chi connectivity index (χ0v) is 12.5. The lowest BCUT2D eigenvalue weighted by Gasteiger charge is -2.07. The number of alkyl halides is 3. The summed E-state index contributed by atoms with van der Waals surface area (Å²) < 4.78 is 43.4. The predicted octanol–water partition coefficient (Wildman–Crippen LogP) is 3.04. The molecule has 0 unspecified atom stereocenters. The number of nitro groups is 1. The van der Waals surface area contributed by atoms with Crippen LogP contribution in [0.4, 0.5) is 18.9 Å². The first kappa shape index (κ1) is 17.4. The molecule has 1 aromatic heterocycles. The van der Waals surface area contributed by atoms with Gasteiger partial charge in [0.2, 0.25) is 0 Å². The van der Waals surface area contributed by atoms with Crippen LogP contribution >= 0.6 is 12.2 Å². The number of halogens is 3. The van der Waals surface area contributed by atoms with Crippen LogP contribution in [0.3, 0.4) is 0 Å². The number of benzene rings is 1. The van der Waals surface area contributed by atoms with Crippen LogP contribution in [0.1, 0.15) is 11.3 Å². The average Bonchev–Trinajstić information content (AvgIpc) is 2.94. The van der Waals surface area contributed by atoms with Gasteiger partial charge in [-0.2, -0.15) is 18.3 Å². The molecule has 0 aliphatic rings. The van der Waals surface area contributed by atoms with E-state index in [9.17, 15) is 23.3 Å². The van der Waals surface area contributed by atoms with E-state index in [1.54, 1.807) is 0 Å². The van der Waals surface area contributed by atoms with Gasteiger partial charge in [0.15, 0.2) is 5.11 Å². The van der Waals surface area contributed by atoms with Crippen LogP contribution in [0.15, 0.2) is 39.9 Å². The summed E-state index contributed by atoms with van der Waals surface area (Å²) in [7, 11) is 0. The fourth-order valence-electron chi connectivity index (χ4n) is 1.79. The highest BCUT2D eigenvalue weighted by Crippen LogP contribution is 2.37. The molecule has 11 heteroatoms. The number of nitro benzene ring substituents is 1. The van der Waals surface area contributed by atoms with Gasteiger partial charge in [-0.05, 0) is 36.5 Å². The molecule has 0 saturated carbocycles. The van der Waals surface area contributed by atoms with Crippen LogP contribution < -0.4 is 11.2 Å². The summed E-state index contributed by atoms with van der Waals surface area (Å²) in [5, 5.41) is 14.6. The van der Waals surface area contributed by atoms with Crippen molar-refractivity contribution >= 4 is 29.2 Å². The molecule has 24 heavy (non-hydrogen) atoms. The van der Waals surface area contributed by atoms with Gasteiger partial charge >= 0.3 is 6.18 Å². The largest absolute Gasteiger partial charge is 0.455 e. The standard InChI is InChI=1S/C13H9F3N4O3S/c14-13(15,16)7-1-3-9(10(5-7)20(21)22)11-4-2-8(23-11)6-18-19-12(17)24/h1-6H,(H3,17,19,24)/b18-6+. The second-order valence-electron chi connectivity index (χ2n) is 4.42. The summed E-state index contributed by atoms with van der Waals surface area (Å²) in [5.74, 6) is 0.218. The smallest absolute Gasteiger partial charge is 0.416 e. The van der Waals surface area contributed by atoms with Crippen molar-refractivity contribution in [2.45, 2.75) is 6.18 Å². The highest BCUT2D eigenvalue weighted by Gasteiger charge is 2.33. The van der Waals surface area contributed by atoms with E-state index in [4.69, 9.17) is 10.2 Å². The number of nitrogens with zero attached hydrogens (tertiary/aromatic N) is 2. The molecule has 1 heterocycles. The molecule has 3 N–H and O–H groups in total. The Kier molecular flexibility index (Phi) is 4.83. The van der Waals surface area contributed by atoms with Crippen molar-refractivity contribution in [1.82, 2.24) is 5.43 Å². The summed E-state index contributed by atoms with van der Waals surface area (Å²) in [6.07, 6.45) is -3.48. The fourth-order valence-corrected chi connectivity index (χ4v) is 1.85. The van der Waals surface area contributed by atoms with Crippen LogP contribution in [-0.4, -0.2) is 16.3 Å². The van der Waals surface area contributed by atoms with E-state index >= 15 is 0 Å². The van der Waals surface area contributed by atoms with Crippen molar-refractivity contribution in [1.29, 1.82) is 0 Å². The third kappa shape index (κ3) is 4.07. The van der Waals surface area contributed by atoms with Gasteiger partial charge in [0.25, 0.3) is 5.69 Å². The first-order valence-electron chi connectivity index (χ1n) is 6.23.